The average Bonchev–Trinajstić information content (AvgIpc) is 2.80. The Balaban J connectivity index is 2.11. The topological polar surface area (TPSA) is 64.4 Å². The number of hydrogen-bond acceptors (Lipinski definition) is 3. The van der Waals surface area contributed by atoms with Gasteiger partial charge in [-0.3, -0.25) is 4.79 Å². The van der Waals surface area contributed by atoms with E-state index >= 15 is 0 Å². The number of ether oxygens (including phenoxy) is 1. The molecule has 0 aliphatic heterocycles. The summed E-state index contributed by atoms with van der Waals surface area (Å²) in [7, 11) is 0. The van der Waals surface area contributed by atoms with Crippen molar-refractivity contribution in [2.75, 3.05) is 5.32 Å². The van der Waals surface area contributed by atoms with Gasteiger partial charge in [-0.05, 0) is 18.6 Å². The lowest BCUT2D eigenvalue weighted by molar-refractivity contribution is -0.118. The quantitative estimate of drug-likeness (QED) is 0.828. The van der Waals surface area contributed by atoms with E-state index < -0.39 is 6.61 Å². The molecule has 0 heterocycles. The first-order chi connectivity index (χ1) is 9.86. The highest BCUT2D eigenvalue weighted by atomic mass is 35.5. The molecule has 2 atom stereocenters. The van der Waals surface area contributed by atoms with Crippen LogP contribution < -0.4 is 15.8 Å². The maximum absolute atomic E-state index is 12.2. The van der Waals surface area contributed by atoms with Crippen LogP contribution in [0.5, 0.6) is 5.75 Å². The van der Waals surface area contributed by atoms with E-state index in [1.165, 1.54) is 12.1 Å². The highest BCUT2D eigenvalue weighted by molar-refractivity contribution is 6.37. The van der Waals surface area contributed by atoms with Crippen LogP contribution in [0.1, 0.15) is 6.42 Å². The van der Waals surface area contributed by atoms with E-state index in [-0.39, 0.29) is 33.7 Å². The van der Waals surface area contributed by atoms with Crippen LogP contribution in [0.15, 0.2) is 24.3 Å². The molecule has 2 rings (SSSR count). The highest BCUT2D eigenvalue weighted by Gasteiger charge is 2.23. The second-order valence-electron chi connectivity index (χ2n) is 4.53. The van der Waals surface area contributed by atoms with Gasteiger partial charge in [-0.25, -0.2) is 0 Å². The lowest BCUT2D eigenvalue weighted by Gasteiger charge is -2.13. The molecule has 0 saturated heterocycles. The summed E-state index contributed by atoms with van der Waals surface area (Å²) < 4.78 is 28.6. The first-order valence-electron chi connectivity index (χ1n) is 6.05. The molecule has 1 aliphatic rings. The van der Waals surface area contributed by atoms with Crippen molar-refractivity contribution >= 4 is 34.8 Å². The Morgan fingerprint density at radius 1 is 1.33 bits per heavy atom. The standard InChI is InChI=1S/C13H12Cl2F2N2O2/c14-9-4-8(5-10(15)11(9)21-13(16)17)19-12(20)6-1-2-7(18)3-6/h1-2,4-7,13H,3,18H2,(H,19,20). The van der Waals surface area contributed by atoms with Gasteiger partial charge in [-0.1, -0.05) is 35.4 Å². The van der Waals surface area contributed by atoms with Gasteiger partial charge in [-0.15, -0.1) is 0 Å². The Morgan fingerprint density at radius 3 is 2.43 bits per heavy atom. The number of alkyl halides is 2. The molecule has 0 saturated carbocycles. The zero-order valence-electron chi connectivity index (χ0n) is 10.7. The van der Waals surface area contributed by atoms with Gasteiger partial charge in [0.25, 0.3) is 0 Å². The van der Waals surface area contributed by atoms with Gasteiger partial charge in [0.2, 0.25) is 5.91 Å². The fourth-order valence-electron chi connectivity index (χ4n) is 1.99. The minimum atomic E-state index is -3.04. The van der Waals surface area contributed by atoms with Gasteiger partial charge in [-0.2, -0.15) is 8.78 Å². The maximum atomic E-state index is 12.2. The predicted molar refractivity (Wildman–Crippen MR) is 76.9 cm³/mol. The molecule has 0 bridgehead atoms. The number of carbonyl (C=O) groups is 1. The summed E-state index contributed by atoms with van der Waals surface area (Å²) in [5.74, 6) is -0.933. The lowest BCUT2D eigenvalue weighted by Crippen LogP contribution is -2.24. The average molecular weight is 337 g/mol. The number of anilines is 1. The summed E-state index contributed by atoms with van der Waals surface area (Å²) in [4.78, 5) is 12.0. The Hall–Kier alpha value is -1.37. The summed E-state index contributed by atoms with van der Waals surface area (Å²) in [6, 6.07) is 2.44. The predicted octanol–water partition coefficient (Wildman–Crippen LogP) is 3.44. The smallest absolute Gasteiger partial charge is 0.387 e. The molecular formula is C13H12Cl2F2N2O2. The summed E-state index contributed by atoms with van der Waals surface area (Å²) in [6.45, 7) is -3.04. The Morgan fingerprint density at radius 2 is 1.95 bits per heavy atom. The molecule has 114 valence electrons. The van der Waals surface area contributed by atoms with E-state index in [0.717, 1.165) is 0 Å². The molecule has 0 radical (unpaired) electrons. The van der Waals surface area contributed by atoms with Crippen molar-refractivity contribution in [3.05, 3.63) is 34.3 Å². The summed E-state index contributed by atoms with van der Waals surface area (Å²) >= 11 is 11.6. The molecule has 0 spiro atoms. The van der Waals surface area contributed by atoms with Crippen molar-refractivity contribution in [3.63, 3.8) is 0 Å². The number of hydrogen-bond donors (Lipinski definition) is 2. The maximum Gasteiger partial charge on any atom is 0.387 e. The molecular weight excluding hydrogens is 325 g/mol. The zero-order chi connectivity index (χ0) is 15.6. The molecule has 3 N–H and O–H groups in total. The highest BCUT2D eigenvalue weighted by Crippen LogP contribution is 2.37. The van der Waals surface area contributed by atoms with Crippen LogP contribution in [0.25, 0.3) is 0 Å². The molecule has 1 aromatic carbocycles. The number of nitrogens with two attached hydrogens (primary N) is 1. The number of benzene rings is 1. The van der Waals surface area contributed by atoms with Crippen LogP contribution in [-0.2, 0) is 4.79 Å². The van der Waals surface area contributed by atoms with E-state index in [1.54, 1.807) is 12.2 Å². The van der Waals surface area contributed by atoms with Gasteiger partial charge in [0.15, 0.2) is 5.75 Å². The lowest BCUT2D eigenvalue weighted by atomic mass is 10.1. The molecule has 4 nitrogen and oxygen atoms in total. The SMILES string of the molecule is NC1C=CC(C(=O)Nc2cc(Cl)c(OC(F)F)c(Cl)c2)C1. The molecule has 0 fully saturated rings. The van der Waals surface area contributed by atoms with Crippen LogP contribution in [-0.4, -0.2) is 18.6 Å². The fraction of sp³-hybridized carbons (Fsp3) is 0.308. The molecule has 0 aromatic heterocycles. The summed E-state index contributed by atoms with van der Waals surface area (Å²) in [6.07, 6.45) is 3.99. The minimum Gasteiger partial charge on any atom is -0.432 e. The monoisotopic (exact) mass is 336 g/mol. The van der Waals surface area contributed by atoms with Gasteiger partial charge in [0.05, 0.1) is 16.0 Å². The summed E-state index contributed by atoms with van der Waals surface area (Å²) in [5.41, 5.74) is 5.97. The third-order valence-corrected chi connectivity index (χ3v) is 3.49. The van der Waals surface area contributed by atoms with Crippen LogP contribution in [0.4, 0.5) is 14.5 Å². The number of nitrogens with one attached hydrogen (secondary N) is 1. The van der Waals surface area contributed by atoms with E-state index in [4.69, 9.17) is 28.9 Å². The first-order valence-corrected chi connectivity index (χ1v) is 6.81. The zero-order valence-corrected chi connectivity index (χ0v) is 12.2. The number of carbonyl (C=O) groups excluding carboxylic acids is 1. The number of halogens is 4. The van der Waals surface area contributed by atoms with Crippen molar-refractivity contribution in [1.82, 2.24) is 0 Å². The number of rotatable bonds is 4. The summed E-state index contributed by atoms with van der Waals surface area (Å²) in [5, 5.41) is 2.38. The third kappa shape index (κ3) is 4.06. The van der Waals surface area contributed by atoms with Crippen molar-refractivity contribution in [2.45, 2.75) is 19.1 Å². The van der Waals surface area contributed by atoms with Crippen LogP contribution >= 0.6 is 23.2 Å². The molecule has 1 aromatic rings. The van der Waals surface area contributed by atoms with Crippen molar-refractivity contribution in [2.24, 2.45) is 11.7 Å². The Bertz CT molecular complexity index is 558. The second kappa shape index (κ2) is 6.60. The van der Waals surface area contributed by atoms with Gasteiger partial charge >= 0.3 is 6.61 Å². The van der Waals surface area contributed by atoms with Gasteiger partial charge in [0.1, 0.15) is 0 Å². The van der Waals surface area contributed by atoms with Crippen molar-refractivity contribution in [3.8, 4) is 5.75 Å². The van der Waals surface area contributed by atoms with Crippen LogP contribution in [0.3, 0.4) is 0 Å². The van der Waals surface area contributed by atoms with Crippen LogP contribution in [0, 0.1) is 5.92 Å². The molecule has 1 amide bonds. The normalized spacial score (nSPS) is 20.9. The number of amides is 1. The van der Waals surface area contributed by atoms with E-state index in [2.05, 4.69) is 10.1 Å². The van der Waals surface area contributed by atoms with E-state index in [9.17, 15) is 13.6 Å². The van der Waals surface area contributed by atoms with Crippen LogP contribution in [0.2, 0.25) is 10.0 Å². The van der Waals surface area contributed by atoms with Crippen molar-refractivity contribution in [1.29, 1.82) is 0 Å². The van der Waals surface area contributed by atoms with E-state index in [0.29, 0.717) is 12.1 Å². The third-order valence-electron chi connectivity index (χ3n) is 2.93. The van der Waals surface area contributed by atoms with Crippen molar-refractivity contribution < 1.29 is 18.3 Å². The fourth-order valence-corrected chi connectivity index (χ4v) is 2.57. The minimum absolute atomic E-state index is 0.114. The largest absolute Gasteiger partial charge is 0.432 e. The Kier molecular flexibility index (Phi) is 5.03. The first kappa shape index (κ1) is 16.0. The Labute approximate surface area is 129 Å². The second-order valence-corrected chi connectivity index (χ2v) is 5.34. The molecule has 21 heavy (non-hydrogen) atoms. The molecule has 1 aliphatic carbocycles. The molecule has 8 heteroatoms. The molecule has 2 unspecified atom stereocenters. The van der Waals surface area contributed by atoms with Gasteiger partial charge in [0, 0.05) is 11.7 Å². The van der Waals surface area contributed by atoms with Gasteiger partial charge < -0.3 is 15.8 Å². The van der Waals surface area contributed by atoms with E-state index in [1.807, 2.05) is 0 Å².